The number of amides is 1. The highest BCUT2D eigenvalue weighted by molar-refractivity contribution is 5.73. The second-order valence-electron chi connectivity index (χ2n) is 6.75. The van der Waals surface area contributed by atoms with Crippen molar-refractivity contribution in [2.45, 2.75) is 45.7 Å². The van der Waals surface area contributed by atoms with E-state index in [4.69, 9.17) is 4.52 Å². The van der Waals surface area contributed by atoms with Gasteiger partial charge in [0.25, 0.3) is 0 Å². The molecule has 3 rings (SSSR count). The summed E-state index contributed by atoms with van der Waals surface area (Å²) in [5.41, 5.74) is 1.27. The molecule has 1 aliphatic heterocycles. The lowest BCUT2D eigenvalue weighted by Gasteiger charge is -2.27. The minimum absolute atomic E-state index is 0.0599. The molecule has 0 unspecified atom stereocenters. The fourth-order valence-corrected chi connectivity index (χ4v) is 3.43. The summed E-state index contributed by atoms with van der Waals surface area (Å²) in [5, 5.41) is 8.11. The van der Waals surface area contributed by atoms with Crippen molar-refractivity contribution in [1.82, 2.24) is 29.7 Å². The highest BCUT2D eigenvalue weighted by atomic mass is 16.5. The van der Waals surface area contributed by atoms with Crippen LogP contribution in [0.1, 0.15) is 37.0 Å². The molecule has 0 aromatic carbocycles. The molecule has 0 spiro atoms. The first-order chi connectivity index (χ1) is 12.0. The summed E-state index contributed by atoms with van der Waals surface area (Å²) in [5.74, 6) is 1.16. The van der Waals surface area contributed by atoms with Crippen molar-refractivity contribution in [1.29, 1.82) is 0 Å². The Kier molecular flexibility index (Phi) is 5.47. The van der Waals surface area contributed by atoms with Crippen LogP contribution in [0.3, 0.4) is 0 Å². The zero-order valence-electron chi connectivity index (χ0n) is 15.2. The highest BCUT2D eigenvalue weighted by Crippen LogP contribution is 2.18. The molecule has 1 fully saturated rings. The van der Waals surface area contributed by atoms with Gasteiger partial charge in [-0.1, -0.05) is 5.16 Å². The minimum Gasteiger partial charge on any atom is -0.340 e. The fraction of sp³-hybridized carbons (Fsp3) is 0.647. The summed E-state index contributed by atoms with van der Waals surface area (Å²) in [6.45, 7) is 6.75. The zero-order chi connectivity index (χ0) is 17.8. The zero-order valence-corrected chi connectivity index (χ0v) is 15.2. The largest absolute Gasteiger partial charge is 0.340 e. The molecule has 0 radical (unpaired) electrons. The maximum absolute atomic E-state index is 12.1. The molecule has 136 valence electrons. The Hall–Kier alpha value is -2.22. The van der Waals surface area contributed by atoms with Crippen LogP contribution in [-0.4, -0.2) is 61.3 Å². The van der Waals surface area contributed by atoms with E-state index in [0.717, 1.165) is 38.9 Å². The number of nitrogens with zero attached hydrogens (tertiary/aromatic N) is 6. The fourth-order valence-electron chi connectivity index (χ4n) is 3.43. The smallest absolute Gasteiger partial charge is 0.223 e. The molecule has 1 aliphatic rings. The number of hydrogen-bond donors (Lipinski definition) is 0. The van der Waals surface area contributed by atoms with Crippen molar-refractivity contribution < 1.29 is 9.32 Å². The molecule has 2 aromatic rings. The van der Waals surface area contributed by atoms with E-state index in [-0.39, 0.29) is 11.9 Å². The standard InChI is InChI=1S/C17H26N6O2/c1-13-19-17(20-25-13)12-23(14(2)24)16-6-8-22(11-16)7-4-5-15-9-18-21(3)10-15/h9-10,16H,4-8,11-12H2,1-3H3/t16-/m1/s1. The van der Waals surface area contributed by atoms with Crippen molar-refractivity contribution in [2.24, 2.45) is 7.05 Å². The third-order valence-corrected chi connectivity index (χ3v) is 4.67. The molecule has 0 bridgehead atoms. The number of likely N-dealkylation sites (tertiary alicyclic amines) is 1. The topological polar surface area (TPSA) is 80.3 Å². The van der Waals surface area contributed by atoms with Crippen LogP contribution < -0.4 is 0 Å². The van der Waals surface area contributed by atoms with Gasteiger partial charge in [0.2, 0.25) is 11.8 Å². The summed E-state index contributed by atoms with van der Waals surface area (Å²) in [7, 11) is 1.94. The normalized spacial score (nSPS) is 18.0. The molecular weight excluding hydrogens is 320 g/mol. The number of carbonyl (C=O) groups is 1. The van der Waals surface area contributed by atoms with Crippen LogP contribution in [0.15, 0.2) is 16.9 Å². The maximum Gasteiger partial charge on any atom is 0.223 e. The number of carbonyl (C=O) groups excluding carboxylic acids is 1. The number of rotatable bonds is 7. The Morgan fingerprint density at radius 1 is 1.48 bits per heavy atom. The minimum atomic E-state index is 0.0599. The van der Waals surface area contributed by atoms with Gasteiger partial charge in [-0.15, -0.1) is 0 Å². The van der Waals surface area contributed by atoms with Gasteiger partial charge in [-0.25, -0.2) is 0 Å². The summed E-state index contributed by atoms with van der Waals surface area (Å²) in [4.78, 5) is 20.6. The predicted octanol–water partition coefficient (Wildman–Crippen LogP) is 1.17. The van der Waals surface area contributed by atoms with E-state index in [1.807, 2.05) is 22.8 Å². The molecule has 2 aromatic heterocycles. The second kappa shape index (κ2) is 7.77. The Bertz CT molecular complexity index is 710. The van der Waals surface area contributed by atoms with Crippen LogP contribution >= 0.6 is 0 Å². The first-order valence-corrected chi connectivity index (χ1v) is 8.77. The Morgan fingerprint density at radius 2 is 2.32 bits per heavy atom. The summed E-state index contributed by atoms with van der Waals surface area (Å²) in [6, 6.07) is 0.217. The number of hydrogen-bond acceptors (Lipinski definition) is 6. The lowest BCUT2D eigenvalue weighted by atomic mass is 10.2. The van der Waals surface area contributed by atoms with Crippen LogP contribution in [0.5, 0.6) is 0 Å². The molecule has 8 heteroatoms. The van der Waals surface area contributed by atoms with Gasteiger partial charge in [0.05, 0.1) is 12.7 Å². The average molecular weight is 346 g/mol. The van der Waals surface area contributed by atoms with Crippen LogP contribution in [0.2, 0.25) is 0 Å². The molecule has 25 heavy (non-hydrogen) atoms. The average Bonchev–Trinajstić information content (AvgIpc) is 3.27. The van der Waals surface area contributed by atoms with E-state index in [2.05, 4.69) is 26.3 Å². The lowest BCUT2D eigenvalue weighted by Crippen LogP contribution is -2.40. The molecule has 3 heterocycles. The third kappa shape index (κ3) is 4.66. The molecule has 0 N–H and O–H groups in total. The van der Waals surface area contributed by atoms with Gasteiger partial charge in [0.1, 0.15) is 0 Å². The molecule has 1 amide bonds. The van der Waals surface area contributed by atoms with E-state index in [1.165, 1.54) is 5.56 Å². The molecular formula is C17H26N6O2. The Morgan fingerprint density at radius 3 is 2.96 bits per heavy atom. The predicted molar refractivity (Wildman–Crippen MR) is 91.6 cm³/mol. The first kappa shape index (κ1) is 17.6. The van der Waals surface area contributed by atoms with Gasteiger partial charge in [-0.2, -0.15) is 10.1 Å². The monoisotopic (exact) mass is 346 g/mol. The van der Waals surface area contributed by atoms with Crippen LogP contribution in [-0.2, 0) is 24.8 Å². The second-order valence-corrected chi connectivity index (χ2v) is 6.75. The van der Waals surface area contributed by atoms with Gasteiger partial charge in [-0.3, -0.25) is 9.48 Å². The molecule has 0 aliphatic carbocycles. The van der Waals surface area contributed by atoms with Crippen LogP contribution in [0, 0.1) is 6.92 Å². The van der Waals surface area contributed by atoms with Gasteiger partial charge in [0, 0.05) is 46.2 Å². The lowest BCUT2D eigenvalue weighted by molar-refractivity contribution is -0.131. The van der Waals surface area contributed by atoms with Gasteiger partial charge in [-0.05, 0) is 31.4 Å². The summed E-state index contributed by atoms with van der Waals surface area (Å²) in [6.07, 6.45) is 7.12. The van der Waals surface area contributed by atoms with Crippen molar-refractivity contribution in [3.63, 3.8) is 0 Å². The van der Waals surface area contributed by atoms with E-state index in [0.29, 0.717) is 18.3 Å². The van der Waals surface area contributed by atoms with Crippen molar-refractivity contribution in [2.75, 3.05) is 19.6 Å². The third-order valence-electron chi connectivity index (χ3n) is 4.67. The molecule has 1 saturated heterocycles. The van der Waals surface area contributed by atoms with Gasteiger partial charge in [0.15, 0.2) is 5.82 Å². The summed E-state index contributed by atoms with van der Waals surface area (Å²) < 4.78 is 6.85. The van der Waals surface area contributed by atoms with Gasteiger partial charge < -0.3 is 14.3 Å². The quantitative estimate of drug-likeness (QED) is 0.749. The molecule has 1 atom stereocenters. The van der Waals surface area contributed by atoms with Crippen LogP contribution in [0.4, 0.5) is 0 Å². The number of aromatic nitrogens is 4. The Labute approximate surface area is 147 Å². The van der Waals surface area contributed by atoms with Crippen molar-refractivity contribution in [3.8, 4) is 0 Å². The highest BCUT2D eigenvalue weighted by Gasteiger charge is 2.29. The van der Waals surface area contributed by atoms with E-state index >= 15 is 0 Å². The van der Waals surface area contributed by atoms with Gasteiger partial charge >= 0.3 is 0 Å². The first-order valence-electron chi connectivity index (χ1n) is 8.77. The Balaban J connectivity index is 1.48. The maximum atomic E-state index is 12.1. The van der Waals surface area contributed by atoms with E-state index in [9.17, 15) is 4.79 Å². The van der Waals surface area contributed by atoms with E-state index in [1.54, 1.807) is 13.8 Å². The SMILES string of the molecule is CC(=O)N(Cc1noc(C)n1)[C@@H]1CCN(CCCc2cnn(C)c2)C1. The van der Waals surface area contributed by atoms with Crippen LogP contribution in [0.25, 0.3) is 0 Å². The molecule has 8 nitrogen and oxygen atoms in total. The summed E-state index contributed by atoms with van der Waals surface area (Å²) >= 11 is 0. The van der Waals surface area contributed by atoms with Crippen molar-refractivity contribution >= 4 is 5.91 Å². The van der Waals surface area contributed by atoms with E-state index < -0.39 is 0 Å². The van der Waals surface area contributed by atoms with Crippen molar-refractivity contribution in [3.05, 3.63) is 29.7 Å². The molecule has 0 saturated carbocycles. The number of aryl methyl sites for hydroxylation is 3.